The minimum atomic E-state index is -0.499. The van der Waals surface area contributed by atoms with Crippen LogP contribution in [-0.4, -0.2) is 22.0 Å². The molecule has 1 fully saturated rings. The number of hydrogen-bond acceptors (Lipinski definition) is 6. The van der Waals surface area contributed by atoms with E-state index < -0.39 is 5.37 Å². The zero-order chi connectivity index (χ0) is 23.9. The Bertz CT molecular complexity index is 1490. The van der Waals surface area contributed by atoms with Crippen molar-refractivity contribution >= 4 is 46.5 Å². The van der Waals surface area contributed by atoms with Crippen LogP contribution in [0.15, 0.2) is 107 Å². The van der Waals surface area contributed by atoms with E-state index in [4.69, 9.17) is 5.41 Å². The highest BCUT2D eigenvalue weighted by Crippen LogP contribution is 2.50. The number of amides is 1. The summed E-state index contributed by atoms with van der Waals surface area (Å²) < 4.78 is 0. The molecule has 0 aliphatic carbocycles. The molecule has 3 aliphatic rings. The second-order valence-corrected chi connectivity index (χ2v) is 9.35. The molecule has 0 spiro atoms. The number of hydrogen-bond donors (Lipinski definition) is 3. The lowest BCUT2D eigenvalue weighted by Gasteiger charge is -2.34. The fourth-order valence-electron chi connectivity index (χ4n) is 4.55. The van der Waals surface area contributed by atoms with Gasteiger partial charge in [0.1, 0.15) is 28.7 Å². The maximum absolute atomic E-state index is 13.5. The Hall–Kier alpha value is -4.54. The first kappa shape index (κ1) is 21.0. The smallest absolute Gasteiger partial charge is 0.267 e. The lowest BCUT2D eigenvalue weighted by atomic mass is 9.88. The summed E-state index contributed by atoms with van der Waals surface area (Å²) in [6.45, 7) is 0. The minimum absolute atomic E-state index is 0.0785. The Labute approximate surface area is 206 Å². The first-order valence-corrected chi connectivity index (χ1v) is 12.0. The van der Waals surface area contributed by atoms with Crippen molar-refractivity contribution < 1.29 is 4.79 Å². The molecule has 0 saturated carbocycles. The number of para-hydroxylation sites is 2. The maximum atomic E-state index is 13.5. The van der Waals surface area contributed by atoms with Crippen LogP contribution < -0.4 is 10.6 Å². The molecule has 3 aromatic rings. The largest absolute Gasteiger partial charge is 0.340 e. The number of carbonyl (C=O) groups is 1. The van der Waals surface area contributed by atoms with E-state index >= 15 is 0 Å². The number of rotatable bonds is 2. The molecule has 1 atom stereocenters. The Morgan fingerprint density at radius 1 is 0.914 bits per heavy atom. The van der Waals surface area contributed by atoms with E-state index in [1.165, 1.54) is 16.7 Å². The zero-order valence-corrected chi connectivity index (χ0v) is 19.3. The van der Waals surface area contributed by atoms with Crippen LogP contribution in [0, 0.1) is 16.7 Å². The van der Waals surface area contributed by atoms with Gasteiger partial charge in [0.15, 0.2) is 0 Å². The fraction of sp³-hybridized carbons (Fsp3) is 0.0357. The van der Waals surface area contributed by atoms with Gasteiger partial charge in [-0.1, -0.05) is 84.6 Å². The summed E-state index contributed by atoms with van der Waals surface area (Å²) in [4.78, 5) is 15.5. The van der Waals surface area contributed by atoms with Crippen LogP contribution in [0.25, 0.3) is 11.6 Å². The number of anilines is 2. The molecule has 3 aromatic carbocycles. The monoisotopic (exact) mass is 473 g/mol. The van der Waals surface area contributed by atoms with Gasteiger partial charge in [-0.15, -0.1) is 0 Å². The van der Waals surface area contributed by atoms with Crippen molar-refractivity contribution in [2.24, 2.45) is 0 Å². The van der Waals surface area contributed by atoms with Gasteiger partial charge in [0.05, 0.1) is 16.3 Å². The quantitative estimate of drug-likeness (QED) is 0.419. The van der Waals surface area contributed by atoms with Gasteiger partial charge in [0.25, 0.3) is 5.91 Å². The van der Waals surface area contributed by atoms with E-state index in [1.807, 2.05) is 91.0 Å². The van der Waals surface area contributed by atoms with Crippen molar-refractivity contribution in [1.82, 2.24) is 4.90 Å². The first-order valence-electron chi connectivity index (χ1n) is 11.1. The molecule has 1 amide bonds. The van der Waals surface area contributed by atoms with Gasteiger partial charge in [0.2, 0.25) is 0 Å². The van der Waals surface area contributed by atoms with Gasteiger partial charge in [-0.25, -0.2) is 0 Å². The first-order chi connectivity index (χ1) is 17.2. The van der Waals surface area contributed by atoms with Crippen LogP contribution >= 0.6 is 11.8 Å². The normalized spacial score (nSPS) is 19.9. The van der Waals surface area contributed by atoms with Gasteiger partial charge in [-0.2, -0.15) is 5.26 Å². The van der Waals surface area contributed by atoms with Crippen molar-refractivity contribution in [3.8, 4) is 6.07 Å². The summed E-state index contributed by atoms with van der Waals surface area (Å²) in [6.07, 6.45) is 1.85. The fourth-order valence-corrected chi connectivity index (χ4v) is 5.85. The highest BCUT2D eigenvalue weighted by molar-refractivity contribution is 8.05. The topological polar surface area (TPSA) is 92.0 Å². The summed E-state index contributed by atoms with van der Waals surface area (Å²) in [7, 11) is 0. The average Bonchev–Trinajstić information content (AvgIpc) is 3.46. The summed E-state index contributed by atoms with van der Waals surface area (Å²) in [5.74, 6) is 0.356. The molecule has 3 aliphatic heterocycles. The predicted molar refractivity (Wildman–Crippen MR) is 140 cm³/mol. The summed E-state index contributed by atoms with van der Waals surface area (Å²) in [5.41, 5.74) is 5.17. The average molecular weight is 474 g/mol. The second-order valence-electron chi connectivity index (χ2n) is 8.23. The lowest BCUT2D eigenvalue weighted by Crippen LogP contribution is -2.44. The highest BCUT2D eigenvalue weighted by Gasteiger charge is 2.48. The molecular formula is C28H19N5OS. The van der Waals surface area contributed by atoms with E-state index in [0.29, 0.717) is 16.3 Å². The molecule has 7 heteroatoms. The number of fused-ring (bicyclic) bond motifs is 2. The number of thioether (sulfide) groups is 1. The molecule has 0 unspecified atom stereocenters. The molecule has 35 heavy (non-hydrogen) atoms. The standard InChI is InChI=1S/C28H19N5OS/c29-16-19-23(18-11-5-2-6-12-18)24(26-31-20-13-7-8-14-21(20)32-26)28-33(25(19)30)27(34)22(35-28)15-17-9-3-1-4-10-17/h1-15,28,30-32H/b22-15+,30-25?/t28-/m0/s1. The van der Waals surface area contributed by atoms with Crippen LogP contribution in [0.2, 0.25) is 0 Å². The zero-order valence-electron chi connectivity index (χ0n) is 18.4. The van der Waals surface area contributed by atoms with Crippen LogP contribution in [0.1, 0.15) is 11.1 Å². The highest BCUT2D eigenvalue weighted by atomic mass is 32.2. The molecule has 3 N–H and O–H groups in total. The van der Waals surface area contributed by atoms with Crippen LogP contribution in [0.4, 0.5) is 11.4 Å². The van der Waals surface area contributed by atoms with Gasteiger partial charge >= 0.3 is 0 Å². The third-order valence-electron chi connectivity index (χ3n) is 6.13. The summed E-state index contributed by atoms with van der Waals surface area (Å²) in [5, 5.41) is 25.4. The number of nitrogens with zero attached hydrogens (tertiary/aromatic N) is 2. The van der Waals surface area contributed by atoms with E-state index in [1.54, 1.807) is 0 Å². The SMILES string of the molecule is N#CC1=C(c2ccccc2)C(=C2Nc3ccccc3N2)[C@@H]2S/C(=C/c3ccccc3)C(=O)N2C1=N. The Kier molecular flexibility index (Phi) is 5.02. The van der Waals surface area contributed by atoms with Crippen molar-refractivity contribution in [3.63, 3.8) is 0 Å². The van der Waals surface area contributed by atoms with Gasteiger partial charge in [-0.3, -0.25) is 15.1 Å². The van der Waals surface area contributed by atoms with Gasteiger partial charge in [-0.05, 0) is 29.3 Å². The maximum Gasteiger partial charge on any atom is 0.267 e. The van der Waals surface area contributed by atoms with Crippen molar-refractivity contribution in [3.05, 3.63) is 118 Å². The minimum Gasteiger partial charge on any atom is -0.340 e. The third kappa shape index (κ3) is 3.43. The second kappa shape index (κ2) is 8.35. The van der Waals surface area contributed by atoms with Crippen LogP contribution in [0.3, 0.4) is 0 Å². The van der Waals surface area contributed by atoms with Crippen molar-refractivity contribution in [2.75, 3.05) is 10.6 Å². The molecule has 0 aromatic heterocycles. The van der Waals surface area contributed by atoms with Gasteiger partial charge < -0.3 is 10.6 Å². The van der Waals surface area contributed by atoms with E-state index in [0.717, 1.165) is 28.1 Å². The number of nitrogens with one attached hydrogen (secondary N) is 3. The lowest BCUT2D eigenvalue weighted by molar-refractivity contribution is -0.122. The van der Waals surface area contributed by atoms with Crippen molar-refractivity contribution in [2.45, 2.75) is 5.37 Å². The molecule has 3 heterocycles. The summed E-state index contributed by atoms with van der Waals surface area (Å²) >= 11 is 1.40. The van der Waals surface area contributed by atoms with Crippen LogP contribution in [0.5, 0.6) is 0 Å². The number of amidine groups is 1. The summed E-state index contributed by atoms with van der Waals surface area (Å²) in [6, 6.07) is 29.3. The Morgan fingerprint density at radius 3 is 2.14 bits per heavy atom. The predicted octanol–water partition coefficient (Wildman–Crippen LogP) is 5.65. The van der Waals surface area contributed by atoms with E-state index in [-0.39, 0.29) is 17.3 Å². The van der Waals surface area contributed by atoms with Crippen LogP contribution in [-0.2, 0) is 4.79 Å². The molecule has 6 nitrogen and oxygen atoms in total. The van der Waals surface area contributed by atoms with Gasteiger partial charge in [0, 0.05) is 11.1 Å². The Balaban J connectivity index is 1.56. The molecule has 6 rings (SSSR count). The van der Waals surface area contributed by atoms with Crippen molar-refractivity contribution in [1.29, 1.82) is 10.7 Å². The molecule has 1 saturated heterocycles. The molecule has 0 bridgehead atoms. The number of nitriles is 1. The number of benzene rings is 3. The Morgan fingerprint density at radius 2 is 1.51 bits per heavy atom. The molecule has 168 valence electrons. The third-order valence-corrected chi connectivity index (χ3v) is 7.35. The molecule has 0 radical (unpaired) electrons. The molecular weight excluding hydrogens is 454 g/mol. The van der Waals surface area contributed by atoms with E-state index in [2.05, 4.69) is 16.7 Å². The van der Waals surface area contributed by atoms with E-state index in [9.17, 15) is 10.1 Å². The number of carbonyl (C=O) groups excluding carboxylic acids is 1.